The number of aromatic hydroxyl groups is 2. The molecule has 3 aromatic carbocycles. The van der Waals surface area contributed by atoms with Gasteiger partial charge in [-0.1, -0.05) is 30.3 Å². The molecule has 37 heavy (non-hydrogen) atoms. The first-order valence-corrected chi connectivity index (χ1v) is 11.9. The summed E-state index contributed by atoms with van der Waals surface area (Å²) in [6.45, 7) is 9.44. The zero-order valence-electron chi connectivity index (χ0n) is 20.0. The lowest BCUT2D eigenvalue weighted by Crippen LogP contribution is -2.33. The van der Waals surface area contributed by atoms with E-state index in [1.165, 1.54) is 4.57 Å². The van der Waals surface area contributed by atoms with Crippen molar-refractivity contribution in [3.8, 4) is 29.3 Å². The van der Waals surface area contributed by atoms with Crippen LogP contribution in [-0.4, -0.2) is 32.6 Å². The average Bonchev–Trinajstić information content (AvgIpc) is 3.44. The first-order chi connectivity index (χ1) is 17.8. The van der Waals surface area contributed by atoms with Crippen molar-refractivity contribution in [3.63, 3.8) is 0 Å². The zero-order chi connectivity index (χ0) is 25.9. The maximum absolute atomic E-state index is 11.5. The third-order valence-electron chi connectivity index (χ3n) is 7.64. The van der Waals surface area contributed by atoms with Gasteiger partial charge in [0.1, 0.15) is 17.0 Å². The number of hydrogen-bond donors (Lipinski definition) is 3. The van der Waals surface area contributed by atoms with Crippen LogP contribution in [-0.2, 0) is 15.9 Å². The van der Waals surface area contributed by atoms with E-state index in [0.717, 1.165) is 0 Å². The van der Waals surface area contributed by atoms with Crippen molar-refractivity contribution in [1.29, 1.82) is 5.26 Å². The Balaban J connectivity index is 1.43. The van der Waals surface area contributed by atoms with E-state index in [-0.39, 0.29) is 24.8 Å². The first-order valence-electron chi connectivity index (χ1n) is 11.9. The maximum Gasteiger partial charge on any atom is 0.205 e. The molecular formula is C29H23N3O5. The fraction of sp³-hybridized carbons (Fsp3) is 0.241. The molecule has 3 N–H and O–H groups in total. The lowest BCUT2D eigenvalue weighted by molar-refractivity contribution is -0.107. The van der Waals surface area contributed by atoms with Crippen molar-refractivity contribution in [2.45, 2.75) is 37.1 Å². The number of ether oxygens (including phenoxy) is 2. The smallest absolute Gasteiger partial charge is 0.205 e. The van der Waals surface area contributed by atoms with Crippen LogP contribution in [0.2, 0.25) is 0 Å². The van der Waals surface area contributed by atoms with Gasteiger partial charge in [0, 0.05) is 12.8 Å². The molecule has 0 spiro atoms. The molecule has 0 amide bonds. The van der Waals surface area contributed by atoms with Crippen molar-refractivity contribution in [1.82, 2.24) is 4.57 Å². The van der Waals surface area contributed by atoms with Crippen LogP contribution in [0.25, 0.3) is 21.3 Å². The molecule has 2 bridgehead atoms. The number of nitriles is 1. The Hall–Kier alpha value is -4.50. The average molecular weight is 494 g/mol. The normalized spacial score (nSPS) is 23.5. The summed E-state index contributed by atoms with van der Waals surface area (Å²) in [6.07, 6.45) is -0.333. The van der Waals surface area contributed by atoms with E-state index in [4.69, 9.17) is 21.3 Å². The number of aliphatic hydroxyl groups is 1. The predicted octanol–water partition coefficient (Wildman–Crippen LogP) is 5.14. The quantitative estimate of drug-likeness (QED) is 0.332. The summed E-state index contributed by atoms with van der Waals surface area (Å²) in [6, 6.07) is 19.5. The minimum absolute atomic E-state index is 0.165. The van der Waals surface area contributed by atoms with E-state index >= 15 is 0 Å². The highest BCUT2D eigenvalue weighted by Crippen LogP contribution is 2.65. The van der Waals surface area contributed by atoms with Gasteiger partial charge in [-0.05, 0) is 48.0 Å². The molecule has 0 saturated carbocycles. The summed E-state index contributed by atoms with van der Waals surface area (Å²) in [5.74, 6) is 0.220. The van der Waals surface area contributed by atoms with Gasteiger partial charge in [0.25, 0.3) is 0 Å². The standard InChI is InChI=1S/C29H23N3O5/c1-28-23(33)15-29(37-28,13-14-36-18-9-7-17(16-30)8-10-18)25-24(28)26(34)32(27(25)35)22-12-11-21(31-2)19-5-3-4-6-20(19)22/h3-12,23,33-35H,13-15H2,1H3/t23-,28?,29?/m1/s1. The van der Waals surface area contributed by atoms with Gasteiger partial charge in [0.05, 0.1) is 47.7 Å². The molecule has 6 rings (SSSR count). The number of rotatable bonds is 5. The summed E-state index contributed by atoms with van der Waals surface area (Å²) >= 11 is 0. The van der Waals surface area contributed by atoms with Crippen LogP contribution in [0.5, 0.6) is 17.5 Å². The molecule has 1 aromatic heterocycles. The molecule has 3 heterocycles. The molecule has 4 aromatic rings. The van der Waals surface area contributed by atoms with Gasteiger partial charge >= 0.3 is 0 Å². The van der Waals surface area contributed by atoms with Crippen LogP contribution in [0.15, 0.2) is 60.7 Å². The molecule has 2 aliphatic heterocycles. The van der Waals surface area contributed by atoms with Gasteiger partial charge in [-0.25, -0.2) is 4.85 Å². The van der Waals surface area contributed by atoms with Gasteiger partial charge in [-0.2, -0.15) is 5.26 Å². The van der Waals surface area contributed by atoms with Crippen molar-refractivity contribution >= 4 is 16.5 Å². The second kappa shape index (κ2) is 8.01. The summed E-state index contributed by atoms with van der Waals surface area (Å²) in [5, 5.41) is 44.3. The fourth-order valence-electron chi connectivity index (χ4n) is 5.87. The highest BCUT2D eigenvalue weighted by molar-refractivity contribution is 6.00. The third-order valence-corrected chi connectivity index (χ3v) is 7.64. The molecule has 2 aliphatic rings. The highest BCUT2D eigenvalue weighted by Gasteiger charge is 2.66. The van der Waals surface area contributed by atoms with Crippen LogP contribution in [0.3, 0.4) is 0 Å². The van der Waals surface area contributed by atoms with Gasteiger partial charge in [-0.3, -0.25) is 4.57 Å². The number of aromatic nitrogens is 1. The monoisotopic (exact) mass is 493 g/mol. The molecule has 0 radical (unpaired) electrons. The van der Waals surface area contributed by atoms with E-state index in [0.29, 0.717) is 51.0 Å². The Kier molecular flexibility index (Phi) is 4.96. The Labute approximate surface area is 213 Å². The number of benzene rings is 3. The Morgan fingerprint density at radius 3 is 2.49 bits per heavy atom. The van der Waals surface area contributed by atoms with E-state index in [1.54, 1.807) is 43.3 Å². The van der Waals surface area contributed by atoms with Gasteiger partial charge < -0.3 is 24.8 Å². The molecule has 0 aliphatic carbocycles. The second-order valence-electron chi connectivity index (χ2n) is 9.65. The van der Waals surface area contributed by atoms with Crippen LogP contribution in [0, 0.1) is 17.9 Å². The molecule has 8 nitrogen and oxygen atoms in total. The zero-order valence-corrected chi connectivity index (χ0v) is 20.0. The van der Waals surface area contributed by atoms with Crippen molar-refractivity contribution in [2.24, 2.45) is 0 Å². The van der Waals surface area contributed by atoms with E-state index in [2.05, 4.69) is 10.9 Å². The molecule has 1 fully saturated rings. The van der Waals surface area contributed by atoms with Crippen molar-refractivity contribution in [2.75, 3.05) is 6.61 Å². The Morgan fingerprint density at radius 1 is 1.08 bits per heavy atom. The second-order valence-corrected chi connectivity index (χ2v) is 9.65. The summed E-state index contributed by atoms with van der Waals surface area (Å²) < 4.78 is 13.6. The van der Waals surface area contributed by atoms with Crippen molar-refractivity contribution < 1.29 is 24.8 Å². The Bertz CT molecular complexity index is 1650. The third kappa shape index (κ3) is 3.14. The van der Waals surface area contributed by atoms with Gasteiger partial charge in [0.15, 0.2) is 5.69 Å². The number of fused-ring (bicyclic) bond motifs is 6. The van der Waals surface area contributed by atoms with E-state index in [1.807, 2.05) is 24.3 Å². The van der Waals surface area contributed by atoms with Crippen LogP contribution in [0.4, 0.5) is 5.69 Å². The topological polar surface area (TPSA) is 112 Å². The molecule has 2 unspecified atom stereocenters. The maximum atomic E-state index is 11.5. The summed E-state index contributed by atoms with van der Waals surface area (Å²) in [7, 11) is 0. The molecular weight excluding hydrogens is 470 g/mol. The Morgan fingerprint density at radius 2 is 1.78 bits per heavy atom. The molecule has 184 valence electrons. The lowest BCUT2D eigenvalue weighted by Gasteiger charge is -2.26. The first kappa shape index (κ1) is 22.9. The SMILES string of the molecule is [C-]#[N+]c1ccc(-n2c(O)c3c(c2O)C2(C)OC3(CCOc3ccc(C#N)cc3)C[C@H]2O)c2ccccc12. The van der Waals surface area contributed by atoms with Gasteiger partial charge in [-0.15, -0.1) is 0 Å². The van der Waals surface area contributed by atoms with E-state index < -0.39 is 17.3 Å². The summed E-state index contributed by atoms with van der Waals surface area (Å²) in [5.41, 5.74) is 0.0649. The number of nitrogens with zero attached hydrogens (tertiary/aromatic N) is 3. The molecule has 8 heteroatoms. The molecule has 1 saturated heterocycles. The van der Waals surface area contributed by atoms with Gasteiger partial charge in [0.2, 0.25) is 11.8 Å². The fourth-order valence-corrected chi connectivity index (χ4v) is 5.87. The lowest BCUT2D eigenvalue weighted by atomic mass is 9.76. The predicted molar refractivity (Wildman–Crippen MR) is 135 cm³/mol. The number of hydrogen-bond acceptors (Lipinski definition) is 6. The number of aliphatic hydroxyl groups excluding tert-OH is 1. The van der Waals surface area contributed by atoms with Crippen LogP contribution in [0.1, 0.15) is 36.5 Å². The minimum Gasteiger partial charge on any atom is -0.494 e. The minimum atomic E-state index is -1.21. The molecule has 3 atom stereocenters. The summed E-state index contributed by atoms with van der Waals surface area (Å²) in [4.78, 5) is 3.60. The highest BCUT2D eigenvalue weighted by atomic mass is 16.6. The van der Waals surface area contributed by atoms with Crippen LogP contribution < -0.4 is 4.74 Å². The largest absolute Gasteiger partial charge is 0.494 e. The van der Waals surface area contributed by atoms with Crippen LogP contribution >= 0.6 is 0 Å². The van der Waals surface area contributed by atoms with E-state index in [9.17, 15) is 15.3 Å². The van der Waals surface area contributed by atoms with Crippen molar-refractivity contribution in [3.05, 3.63) is 88.8 Å².